The van der Waals surface area contributed by atoms with Crippen molar-refractivity contribution >= 4 is 32.3 Å². The lowest BCUT2D eigenvalue weighted by Gasteiger charge is -2.11. The third-order valence-corrected chi connectivity index (χ3v) is 5.83. The monoisotopic (exact) mass is 499 g/mol. The predicted molar refractivity (Wildman–Crippen MR) is 125 cm³/mol. The van der Waals surface area contributed by atoms with Gasteiger partial charge >= 0.3 is 16.4 Å². The van der Waals surface area contributed by atoms with Gasteiger partial charge in [0.05, 0.1) is 7.11 Å². The first-order chi connectivity index (χ1) is 14.8. The fourth-order valence-electron chi connectivity index (χ4n) is 2.05. The van der Waals surface area contributed by atoms with Crippen LogP contribution in [0, 0.1) is 5.92 Å². The lowest BCUT2D eigenvalue weighted by atomic mass is 9.93. The molecular weight excluding hydrogens is 462 g/mol. The molecule has 0 aromatic rings. The maximum atomic E-state index is 11.6. The van der Waals surface area contributed by atoms with Gasteiger partial charge in [0.2, 0.25) is 0 Å². The molecule has 0 saturated heterocycles. The van der Waals surface area contributed by atoms with Crippen LogP contribution < -0.4 is 5.73 Å². The Labute approximate surface area is 192 Å². The minimum atomic E-state index is -4.69. The van der Waals surface area contributed by atoms with Gasteiger partial charge < -0.3 is 9.92 Å². The van der Waals surface area contributed by atoms with E-state index in [0.29, 0.717) is 18.7 Å². The normalized spacial score (nSPS) is 12.5. The number of hydrogen-bond acceptors (Lipinski definition) is 9. The van der Waals surface area contributed by atoms with Crippen LogP contribution in [0.2, 0.25) is 0 Å². The van der Waals surface area contributed by atoms with E-state index in [9.17, 15) is 26.4 Å². The van der Waals surface area contributed by atoms with Gasteiger partial charge in [0.25, 0.3) is 10.1 Å². The van der Waals surface area contributed by atoms with E-state index in [1.807, 2.05) is 6.08 Å². The molecule has 10 nitrogen and oxygen atoms in total. The highest BCUT2D eigenvalue weighted by atomic mass is 32.3. The molecule has 0 amide bonds. The van der Waals surface area contributed by atoms with Gasteiger partial charge in [0, 0.05) is 18.9 Å². The smallest absolute Gasteiger partial charge is 0.327 e. The summed E-state index contributed by atoms with van der Waals surface area (Å²) in [7, 11) is -8.52. The second kappa shape index (κ2) is 19.8. The van der Waals surface area contributed by atoms with Crippen molar-refractivity contribution in [3.05, 3.63) is 38.0 Å². The van der Waals surface area contributed by atoms with Gasteiger partial charge in [-0.15, -0.1) is 19.7 Å². The van der Waals surface area contributed by atoms with Crippen molar-refractivity contribution in [1.29, 1.82) is 0 Å². The molecule has 0 spiro atoms. The molecule has 0 aliphatic heterocycles. The Morgan fingerprint density at radius 3 is 1.81 bits per heavy atom. The quantitative estimate of drug-likeness (QED) is 0.268. The van der Waals surface area contributed by atoms with Gasteiger partial charge in [-0.2, -0.15) is 16.8 Å². The van der Waals surface area contributed by atoms with Crippen molar-refractivity contribution in [2.75, 3.05) is 13.7 Å². The van der Waals surface area contributed by atoms with Crippen LogP contribution >= 0.6 is 0 Å². The Bertz CT molecular complexity index is 775. The van der Waals surface area contributed by atoms with E-state index in [2.05, 4.69) is 35.0 Å². The van der Waals surface area contributed by atoms with Crippen LogP contribution in [0.5, 0.6) is 0 Å². The molecule has 2 unspecified atom stereocenters. The zero-order valence-corrected chi connectivity index (χ0v) is 20.7. The average Bonchev–Trinajstić information content (AvgIpc) is 2.72. The Balaban J connectivity index is -0.000000453. The average molecular weight is 500 g/mol. The van der Waals surface area contributed by atoms with Crippen molar-refractivity contribution in [3.8, 4) is 0 Å². The maximum Gasteiger partial charge on any atom is 0.451 e. The Morgan fingerprint density at radius 2 is 1.50 bits per heavy atom. The minimum Gasteiger partial charge on any atom is -0.327 e. The molecule has 0 saturated carbocycles. The number of carbonyl (C=O) groups excluding carboxylic acids is 2. The molecule has 0 radical (unpaired) electrons. The third kappa shape index (κ3) is 18.9. The number of carbonyl (C=O) groups is 2. The van der Waals surface area contributed by atoms with Crippen molar-refractivity contribution in [3.63, 3.8) is 0 Å². The molecule has 0 fully saturated rings. The number of nitrogens with two attached hydrogens (primary N) is 1. The first-order valence-corrected chi connectivity index (χ1v) is 12.7. The molecule has 0 bridgehead atoms. The lowest BCUT2D eigenvalue weighted by Crippen LogP contribution is -2.32. The summed E-state index contributed by atoms with van der Waals surface area (Å²) in [6.45, 7) is 14.5. The van der Waals surface area contributed by atoms with E-state index in [1.165, 1.54) is 6.92 Å². The molecule has 12 heteroatoms. The number of Topliss-reactive ketones (excluding diaryl/α,β-unsaturated/α-hetero) is 1. The number of rotatable bonds is 14. The number of ketones is 1. The van der Waals surface area contributed by atoms with E-state index < -0.39 is 31.7 Å². The van der Waals surface area contributed by atoms with Gasteiger partial charge in [0.15, 0.2) is 5.25 Å². The van der Waals surface area contributed by atoms with Crippen molar-refractivity contribution in [2.45, 2.75) is 57.6 Å². The molecule has 0 aromatic carbocycles. The van der Waals surface area contributed by atoms with Crippen LogP contribution in [0.15, 0.2) is 38.0 Å². The largest absolute Gasteiger partial charge is 0.451 e. The molecular formula is C20H37NO9S2. The topological polar surface area (TPSA) is 167 Å². The summed E-state index contributed by atoms with van der Waals surface area (Å²) in [5.74, 6) is -0.996. The molecule has 188 valence electrons. The highest BCUT2D eigenvalue weighted by molar-refractivity contribution is 7.87. The van der Waals surface area contributed by atoms with E-state index in [0.717, 1.165) is 32.8 Å². The van der Waals surface area contributed by atoms with E-state index in [1.54, 1.807) is 12.2 Å². The van der Waals surface area contributed by atoms with Crippen LogP contribution in [0.3, 0.4) is 0 Å². The highest BCUT2D eigenvalue weighted by Gasteiger charge is 2.34. The fraction of sp³-hybridized carbons (Fsp3) is 0.600. The van der Waals surface area contributed by atoms with Gasteiger partial charge in [-0.25, -0.2) is 8.98 Å². The molecule has 3 N–H and O–H groups in total. The summed E-state index contributed by atoms with van der Waals surface area (Å²) < 4.78 is 58.5. The summed E-state index contributed by atoms with van der Waals surface area (Å²) in [5, 5.41) is -1.94. The Morgan fingerprint density at radius 1 is 1.00 bits per heavy atom. The second-order valence-electron chi connectivity index (χ2n) is 6.18. The van der Waals surface area contributed by atoms with Crippen LogP contribution in [0.4, 0.5) is 0 Å². The fourth-order valence-corrected chi connectivity index (χ4v) is 3.21. The van der Waals surface area contributed by atoms with Crippen LogP contribution in [0.1, 0.15) is 52.4 Å². The van der Waals surface area contributed by atoms with Crippen molar-refractivity contribution in [1.82, 2.24) is 0 Å². The third-order valence-electron chi connectivity index (χ3n) is 3.81. The standard InChI is InChI=1S/C12H20O.C5H10O8S2.C3H7N/c1-4-7-9-11(6-3)12(13)10-8-5-2;1-3-4(14(7,8)9)5(6)13-15(10,11)12-2;1-2-3-4/h4-5,11H,1-2,6-10H2,3H3;4H,3H2,1-2H3,(H,7,8,9);2H,1,3-4H2. The number of allylic oxidation sites excluding steroid dienone is 2. The predicted octanol–water partition coefficient (Wildman–Crippen LogP) is 2.73. The summed E-state index contributed by atoms with van der Waals surface area (Å²) >= 11 is 0. The minimum absolute atomic E-state index is 0.234. The zero-order valence-electron chi connectivity index (χ0n) is 19.1. The van der Waals surface area contributed by atoms with Crippen LogP contribution in [-0.2, 0) is 38.5 Å². The first kappa shape index (κ1) is 34.7. The molecule has 0 aromatic heterocycles. The Kier molecular flexibility index (Phi) is 21.5. The van der Waals surface area contributed by atoms with Gasteiger partial charge in [-0.1, -0.05) is 32.1 Å². The van der Waals surface area contributed by atoms with Crippen molar-refractivity contribution < 1.29 is 39.3 Å². The van der Waals surface area contributed by atoms with Crippen molar-refractivity contribution in [2.24, 2.45) is 11.7 Å². The van der Waals surface area contributed by atoms with E-state index in [-0.39, 0.29) is 12.3 Å². The lowest BCUT2D eigenvalue weighted by molar-refractivity contribution is -0.134. The number of hydrogen-bond donors (Lipinski definition) is 2. The Hall–Kier alpha value is -1.86. The van der Waals surface area contributed by atoms with Gasteiger partial charge in [-0.05, 0) is 32.1 Å². The summed E-state index contributed by atoms with van der Waals surface area (Å²) in [5.41, 5.74) is 4.91. The molecule has 2 atom stereocenters. The molecule has 0 aliphatic carbocycles. The van der Waals surface area contributed by atoms with Gasteiger partial charge in [-0.3, -0.25) is 9.35 Å². The molecule has 32 heavy (non-hydrogen) atoms. The molecule has 0 rings (SSSR count). The highest BCUT2D eigenvalue weighted by Crippen LogP contribution is 2.15. The van der Waals surface area contributed by atoms with E-state index in [4.69, 9.17) is 10.3 Å². The summed E-state index contributed by atoms with van der Waals surface area (Å²) in [6, 6.07) is 0. The summed E-state index contributed by atoms with van der Waals surface area (Å²) in [4.78, 5) is 22.5. The van der Waals surface area contributed by atoms with E-state index >= 15 is 0 Å². The van der Waals surface area contributed by atoms with Crippen LogP contribution in [-0.4, -0.2) is 52.0 Å². The summed E-state index contributed by atoms with van der Waals surface area (Å²) in [6.07, 6.45) is 9.32. The molecule has 0 heterocycles. The first-order valence-electron chi connectivity index (χ1n) is 9.87. The van der Waals surface area contributed by atoms with Gasteiger partial charge in [0.1, 0.15) is 5.78 Å². The van der Waals surface area contributed by atoms with Crippen LogP contribution in [0.25, 0.3) is 0 Å². The SMILES string of the molecule is C=CCCC(=O)C(CC)CCC=C.C=CCN.CCC(C(=O)OS(=O)(=O)OC)S(=O)(=O)O. The second-order valence-corrected chi connectivity index (χ2v) is 9.09. The maximum absolute atomic E-state index is 11.6. The zero-order chi connectivity index (χ0) is 25.8. The molecule has 0 aliphatic rings.